The number of amides is 1. The molecule has 7 nitrogen and oxygen atoms in total. The topological polar surface area (TPSA) is 71.6 Å². The lowest BCUT2D eigenvalue weighted by Crippen LogP contribution is -2.43. The average molecular weight is 352 g/mol. The molecule has 0 spiro atoms. The monoisotopic (exact) mass is 351 g/mol. The molecule has 24 heavy (non-hydrogen) atoms. The number of hydrogen-bond acceptors (Lipinski definition) is 4. The summed E-state index contributed by atoms with van der Waals surface area (Å²) in [6, 6.07) is 6.11. The first kappa shape index (κ1) is 17.0. The van der Waals surface area contributed by atoms with Crippen molar-refractivity contribution in [3.05, 3.63) is 34.9 Å². The van der Waals surface area contributed by atoms with Crippen molar-refractivity contribution >= 4 is 24.0 Å². The summed E-state index contributed by atoms with van der Waals surface area (Å²) in [5.74, 6) is 0.144. The van der Waals surface area contributed by atoms with Gasteiger partial charge in [0.25, 0.3) is 0 Å². The standard InChI is InChI=1S/C16H21N5O2.ClH/c22-15(21-12-4-5-13(21)11-17-8-6-12)7-10-20-16(23)19-9-2-1-3-14(19)18-20;/h1-3,9,12-13,17H,4-8,10-11H2;1H. The van der Waals surface area contributed by atoms with Crippen LogP contribution in [0.3, 0.4) is 0 Å². The third kappa shape index (κ3) is 2.93. The van der Waals surface area contributed by atoms with E-state index < -0.39 is 0 Å². The number of aromatic nitrogens is 3. The number of fused-ring (bicyclic) bond motifs is 3. The van der Waals surface area contributed by atoms with Crippen LogP contribution >= 0.6 is 12.4 Å². The molecule has 4 heterocycles. The molecule has 2 aliphatic rings. The van der Waals surface area contributed by atoms with Crippen molar-refractivity contribution in [2.45, 2.75) is 44.3 Å². The lowest BCUT2D eigenvalue weighted by molar-refractivity contribution is -0.134. The van der Waals surface area contributed by atoms with Gasteiger partial charge in [0, 0.05) is 31.2 Å². The number of nitrogens with zero attached hydrogens (tertiary/aromatic N) is 4. The van der Waals surface area contributed by atoms with E-state index in [4.69, 9.17) is 0 Å². The summed E-state index contributed by atoms with van der Waals surface area (Å²) in [7, 11) is 0. The smallest absolute Gasteiger partial charge is 0.335 e. The number of carbonyl (C=O) groups is 1. The third-order valence-electron chi connectivity index (χ3n) is 4.97. The molecule has 130 valence electrons. The lowest BCUT2D eigenvalue weighted by Gasteiger charge is -2.27. The van der Waals surface area contributed by atoms with Gasteiger partial charge < -0.3 is 10.2 Å². The number of hydrogen-bond donors (Lipinski definition) is 1. The fourth-order valence-corrected chi connectivity index (χ4v) is 3.83. The first-order valence-electron chi connectivity index (χ1n) is 8.30. The summed E-state index contributed by atoms with van der Waals surface area (Å²) in [6.07, 6.45) is 5.24. The van der Waals surface area contributed by atoms with Crippen LogP contribution in [-0.2, 0) is 11.3 Å². The van der Waals surface area contributed by atoms with Crippen molar-refractivity contribution < 1.29 is 4.79 Å². The maximum absolute atomic E-state index is 12.7. The molecule has 2 aliphatic heterocycles. The molecule has 0 aliphatic carbocycles. The first-order chi connectivity index (χ1) is 11.2. The molecule has 8 heteroatoms. The lowest BCUT2D eigenvalue weighted by atomic mass is 10.1. The van der Waals surface area contributed by atoms with E-state index in [1.54, 1.807) is 18.3 Å². The first-order valence-corrected chi connectivity index (χ1v) is 8.30. The highest BCUT2D eigenvalue weighted by Crippen LogP contribution is 2.28. The molecule has 2 saturated heterocycles. The molecule has 2 aromatic heterocycles. The summed E-state index contributed by atoms with van der Waals surface area (Å²) in [5, 5.41) is 7.68. The highest BCUT2D eigenvalue weighted by atomic mass is 35.5. The van der Waals surface area contributed by atoms with Gasteiger partial charge in [-0.2, -0.15) is 0 Å². The zero-order valence-corrected chi connectivity index (χ0v) is 14.2. The maximum atomic E-state index is 12.7. The molecule has 0 radical (unpaired) electrons. The minimum atomic E-state index is -0.186. The number of halogens is 1. The van der Waals surface area contributed by atoms with Gasteiger partial charge in [0.2, 0.25) is 5.91 Å². The molecule has 2 atom stereocenters. The zero-order valence-electron chi connectivity index (χ0n) is 13.4. The quantitative estimate of drug-likeness (QED) is 0.882. The predicted molar refractivity (Wildman–Crippen MR) is 92.5 cm³/mol. The molecule has 0 aromatic carbocycles. The fraction of sp³-hybridized carbons (Fsp3) is 0.562. The van der Waals surface area contributed by atoms with Gasteiger partial charge in [0.15, 0.2) is 5.65 Å². The van der Waals surface area contributed by atoms with Crippen LogP contribution in [0.2, 0.25) is 0 Å². The Hall–Kier alpha value is -1.86. The molecule has 4 rings (SSSR count). The molecule has 2 unspecified atom stereocenters. The van der Waals surface area contributed by atoms with Gasteiger partial charge >= 0.3 is 5.69 Å². The Balaban J connectivity index is 0.00000169. The van der Waals surface area contributed by atoms with Crippen molar-refractivity contribution in [1.82, 2.24) is 24.4 Å². The predicted octanol–water partition coefficient (Wildman–Crippen LogP) is 0.661. The highest BCUT2D eigenvalue weighted by molar-refractivity contribution is 5.85. The average Bonchev–Trinajstić information content (AvgIpc) is 3.01. The molecule has 2 fully saturated rings. The number of nitrogens with one attached hydrogen (secondary N) is 1. The van der Waals surface area contributed by atoms with Gasteiger partial charge in [-0.1, -0.05) is 6.07 Å². The second kappa shape index (κ2) is 6.94. The van der Waals surface area contributed by atoms with Gasteiger partial charge in [-0.3, -0.25) is 9.20 Å². The van der Waals surface area contributed by atoms with Crippen LogP contribution in [0.15, 0.2) is 29.2 Å². The van der Waals surface area contributed by atoms with Crippen LogP contribution in [0.1, 0.15) is 25.7 Å². The van der Waals surface area contributed by atoms with Gasteiger partial charge in [-0.15, -0.1) is 17.5 Å². The Labute approximate surface area is 146 Å². The van der Waals surface area contributed by atoms with Gasteiger partial charge in [0.1, 0.15) is 0 Å². The van der Waals surface area contributed by atoms with E-state index in [0.717, 1.165) is 32.4 Å². The SMILES string of the molecule is Cl.O=C(CCn1nc2ccccn2c1=O)N1C2CCNCC1CC2. The molecule has 0 saturated carbocycles. The second-order valence-corrected chi connectivity index (χ2v) is 6.36. The minimum Gasteiger partial charge on any atom is -0.335 e. The van der Waals surface area contributed by atoms with E-state index in [1.165, 1.54) is 9.08 Å². The van der Waals surface area contributed by atoms with Crippen molar-refractivity contribution in [2.75, 3.05) is 13.1 Å². The normalized spacial score (nSPS) is 23.1. The Morgan fingerprint density at radius 2 is 2.08 bits per heavy atom. The Bertz CT molecular complexity index is 772. The zero-order chi connectivity index (χ0) is 15.8. The number of pyridine rings is 1. The largest absolute Gasteiger partial charge is 0.350 e. The van der Waals surface area contributed by atoms with Crippen molar-refractivity contribution in [2.24, 2.45) is 0 Å². The Morgan fingerprint density at radius 1 is 1.25 bits per heavy atom. The highest BCUT2D eigenvalue weighted by Gasteiger charge is 2.37. The van der Waals surface area contributed by atoms with E-state index in [0.29, 0.717) is 30.7 Å². The van der Waals surface area contributed by atoms with Crippen molar-refractivity contribution in [3.63, 3.8) is 0 Å². The van der Waals surface area contributed by atoms with Crippen molar-refractivity contribution in [1.29, 1.82) is 0 Å². The summed E-state index contributed by atoms with van der Waals surface area (Å²) < 4.78 is 2.90. The molecule has 1 N–H and O–H groups in total. The van der Waals surface area contributed by atoms with Crippen LogP contribution < -0.4 is 11.0 Å². The van der Waals surface area contributed by atoms with E-state index in [1.807, 2.05) is 6.07 Å². The molecule has 2 aromatic rings. The number of aryl methyl sites for hydroxylation is 1. The second-order valence-electron chi connectivity index (χ2n) is 6.36. The third-order valence-corrected chi connectivity index (χ3v) is 4.97. The van der Waals surface area contributed by atoms with Gasteiger partial charge in [-0.05, 0) is 37.9 Å². The van der Waals surface area contributed by atoms with E-state index >= 15 is 0 Å². The number of rotatable bonds is 3. The summed E-state index contributed by atoms with van der Waals surface area (Å²) in [6.45, 7) is 2.20. The Kier molecular flexibility index (Phi) is 4.91. The van der Waals surface area contributed by atoms with Gasteiger partial charge in [0.05, 0.1) is 6.54 Å². The van der Waals surface area contributed by atoms with Crippen LogP contribution in [0.5, 0.6) is 0 Å². The maximum Gasteiger partial charge on any atom is 0.350 e. The van der Waals surface area contributed by atoms with E-state index in [2.05, 4.69) is 15.3 Å². The van der Waals surface area contributed by atoms with Gasteiger partial charge in [-0.25, -0.2) is 9.48 Å². The minimum absolute atomic E-state index is 0. The van der Waals surface area contributed by atoms with E-state index in [9.17, 15) is 9.59 Å². The molecule has 1 amide bonds. The van der Waals surface area contributed by atoms with Crippen LogP contribution in [0, 0.1) is 0 Å². The van der Waals surface area contributed by atoms with Crippen LogP contribution in [-0.4, -0.2) is 50.2 Å². The summed E-state index contributed by atoms with van der Waals surface area (Å²) in [5.41, 5.74) is 0.429. The Morgan fingerprint density at radius 3 is 2.92 bits per heavy atom. The van der Waals surface area contributed by atoms with E-state index in [-0.39, 0.29) is 24.0 Å². The summed E-state index contributed by atoms with van der Waals surface area (Å²) >= 11 is 0. The van der Waals surface area contributed by atoms with Crippen LogP contribution in [0.25, 0.3) is 5.65 Å². The molecule has 2 bridgehead atoms. The molecular formula is C16H22ClN5O2. The van der Waals surface area contributed by atoms with Crippen molar-refractivity contribution in [3.8, 4) is 0 Å². The number of carbonyl (C=O) groups excluding carboxylic acids is 1. The van der Waals surface area contributed by atoms with Crippen LogP contribution in [0.4, 0.5) is 0 Å². The summed E-state index contributed by atoms with van der Waals surface area (Å²) in [4.78, 5) is 27.0. The molecular weight excluding hydrogens is 330 g/mol. The fourth-order valence-electron chi connectivity index (χ4n) is 3.83.